The first-order valence-electron chi connectivity index (χ1n) is 14.5. The summed E-state index contributed by atoms with van der Waals surface area (Å²) in [6.45, 7) is 5.95. The number of unbranched alkanes of at least 4 members (excludes halogenated alkanes) is 1. The summed E-state index contributed by atoms with van der Waals surface area (Å²) in [5, 5.41) is 13.0. The van der Waals surface area contributed by atoms with E-state index >= 15 is 0 Å². The van der Waals surface area contributed by atoms with Crippen molar-refractivity contribution < 1.29 is 26.7 Å². The topological polar surface area (TPSA) is 133 Å². The van der Waals surface area contributed by atoms with Gasteiger partial charge in [-0.2, -0.15) is 9.03 Å². The summed E-state index contributed by atoms with van der Waals surface area (Å²) in [7, 11) is -7.76. The molecular weight excluding hydrogens is 587 g/mol. The van der Waals surface area contributed by atoms with Crippen molar-refractivity contribution in [1.82, 2.24) is 14.3 Å². The number of carbonyl (C=O) groups is 1. The van der Waals surface area contributed by atoms with Crippen LogP contribution in [0.4, 0.5) is 0 Å². The van der Waals surface area contributed by atoms with Gasteiger partial charge in [-0.05, 0) is 61.9 Å². The Hall–Kier alpha value is -3.09. The van der Waals surface area contributed by atoms with E-state index in [1.807, 2.05) is 51.1 Å². The zero-order valence-electron chi connectivity index (χ0n) is 25.0. The van der Waals surface area contributed by atoms with E-state index in [9.17, 15) is 26.7 Å². The number of aryl methyl sites for hydroxylation is 1. The molecule has 234 valence electrons. The minimum absolute atomic E-state index is 0.0507. The lowest BCUT2D eigenvalue weighted by Gasteiger charge is -2.31. The van der Waals surface area contributed by atoms with Crippen LogP contribution in [0.25, 0.3) is 0 Å². The van der Waals surface area contributed by atoms with E-state index < -0.39 is 38.0 Å². The highest BCUT2D eigenvalue weighted by molar-refractivity contribution is 7.89. The van der Waals surface area contributed by atoms with Crippen LogP contribution in [0.1, 0.15) is 44.2 Å². The number of benzene rings is 3. The Kier molecular flexibility index (Phi) is 12.9. The molecule has 0 saturated carbocycles. The van der Waals surface area contributed by atoms with Crippen molar-refractivity contribution in [3.63, 3.8) is 0 Å². The number of amides is 1. The molecule has 0 aliphatic heterocycles. The molecule has 0 aromatic heterocycles. The molecule has 3 N–H and O–H groups in total. The van der Waals surface area contributed by atoms with Crippen molar-refractivity contribution in [3.05, 3.63) is 96.1 Å². The van der Waals surface area contributed by atoms with Crippen LogP contribution < -0.4 is 10.0 Å². The average molecular weight is 630 g/mol. The van der Waals surface area contributed by atoms with Crippen LogP contribution in [-0.4, -0.2) is 63.9 Å². The largest absolute Gasteiger partial charge is 0.395 e. The van der Waals surface area contributed by atoms with E-state index in [1.54, 1.807) is 42.5 Å². The second-order valence-corrected chi connectivity index (χ2v) is 14.7. The predicted molar refractivity (Wildman–Crippen MR) is 168 cm³/mol. The zero-order chi connectivity index (χ0) is 31.5. The fourth-order valence-corrected chi connectivity index (χ4v) is 7.73. The molecule has 0 aliphatic carbocycles. The molecule has 0 saturated heterocycles. The summed E-state index contributed by atoms with van der Waals surface area (Å²) in [6.07, 6.45) is 1.64. The molecule has 0 radical (unpaired) electrons. The van der Waals surface area contributed by atoms with Gasteiger partial charge in [0.15, 0.2) is 0 Å². The van der Waals surface area contributed by atoms with Gasteiger partial charge in [-0.25, -0.2) is 16.8 Å². The normalized spacial score (nSPS) is 13.6. The maximum absolute atomic E-state index is 13.5. The fraction of sp³-hybridized carbons (Fsp3) is 0.406. The van der Waals surface area contributed by atoms with E-state index in [0.29, 0.717) is 19.3 Å². The molecule has 0 unspecified atom stereocenters. The molecule has 2 atom stereocenters. The molecule has 1 amide bonds. The third-order valence-electron chi connectivity index (χ3n) is 7.00. The second kappa shape index (κ2) is 16.1. The third-order valence-corrected chi connectivity index (χ3v) is 10.4. The van der Waals surface area contributed by atoms with Gasteiger partial charge in [-0.1, -0.05) is 86.5 Å². The molecule has 3 aromatic carbocycles. The van der Waals surface area contributed by atoms with Crippen LogP contribution >= 0.6 is 0 Å². The van der Waals surface area contributed by atoms with Gasteiger partial charge in [0.2, 0.25) is 26.0 Å². The molecule has 0 bridgehead atoms. The second-order valence-electron chi connectivity index (χ2n) is 11.1. The minimum atomic E-state index is -3.93. The van der Waals surface area contributed by atoms with Gasteiger partial charge in [0.25, 0.3) is 0 Å². The first kappa shape index (κ1) is 34.4. The lowest BCUT2D eigenvalue weighted by atomic mass is 10.1. The van der Waals surface area contributed by atoms with Gasteiger partial charge in [0.1, 0.15) is 6.04 Å². The Morgan fingerprint density at radius 3 is 2.02 bits per heavy atom. The molecule has 3 aromatic rings. The van der Waals surface area contributed by atoms with Gasteiger partial charge in [-0.3, -0.25) is 4.79 Å². The van der Waals surface area contributed by atoms with Crippen molar-refractivity contribution in [2.24, 2.45) is 5.92 Å². The van der Waals surface area contributed by atoms with Crippen LogP contribution in [0.15, 0.2) is 94.7 Å². The van der Waals surface area contributed by atoms with E-state index in [-0.39, 0.29) is 41.8 Å². The summed E-state index contributed by atoms with van der Waals surface area (Å²) in [5.74, 6) is -0.403. The van der Waals surface area contributed by atoms with Crippen molar-refractivity contribution >= 4 is 26.0 Å². The first-order chi connectivity index (χ1) is 20.4. The number of sulfonamides is 2. The number of nitrogens with one attached hydrogen (secondary N) is 2. The van der Waals surface area contributed by atoms with Crippen molar-refractivity contribution in [3.8, 4) is 0 Å². The third kappa shape index (κ3) is 10.3. The lowest BCUT2D eigenvalue weighted by molar-refractivity contribution is -0.122. The number of nitrogens with zero attached hydrogens (tertiary/aromatic N) is 1. The van der Waals surface area contributed by atoms with E-state index in [1.165, 1.54) is 16.4 Å². The predicted octanol–water partition coefficient (Wildman–Crippen LogP) is 3.88. The van der Waals surface area contributed by atoms with Crippen molar-refractivity contribution in [2.45, 2.75) is 68.3 Å². The maximum Gasteiger partial charge on any atom is 0.243 e. The van der Waals surface area contributed by atoms with Gasteiger partial charge in [0.05, 0.1) is 16.4 Å². The number of hydrogen-bond donors (Lipinski definition) is 3. The number of hydrogen-bond acceptors (Lipinski definition) is 6. The number of aliphatic hydroxyl groups is 1. The summed E-state index contributed by atoms with van der Waals surface area (Å²) >= 11 is 0. The van der Waals surface area contributed by atoms with E-state index in [2.05, 4.69) is 10.0 Å². The Labute approximate surface area is 256 Å². The van der Waals surface area contributed by atoms with Crippen LogP contribution in [0.2, 0.25) is 0 Å². The Morgan fingerprint density at radius 1 is 0.837 bits per heavy atom. The molecule has 0 spiro atoms. The highest BCUT2D eigenvalue weighted by Crippen LogP contribution is 2.23. The van der Waals surface area contributed by atoms with E-state index in [0.717, 1.165) is 11.1 Å². The number of carbonyl (C=O) groups excluding carboxylic acids is 1. The highest BCUT2D eigenvalue weighted by Gasteiger charge is 2.31. The fourth-order valence-electron chi connectivity index (χ4n) is 4.71. The molecule has 0 fully saturated rings. The van der Waals surface area contributed by atoms with Crippen LogP contribution in [0.5, 0.6) is 0 Å². The Bertz CT molecular complexity index is 1500. The molecule has 3 rings (SSSR count). The summed E-state index contributed by atoms with van der Waals surface area (Å²) in [4.78, 5) is 13.4. The molecule has 9 nitrogen and oxygen atoms in total. The minimum Gasteiger partial charge on any atom is -0.395 e. The Morgan fingerprint density at radius 2 is 1.44 bits per heavy atom. The average Bonchev–Trinajstić information content (AvgIpc) is 2.98. The van der Waals surface area contributed by atoms with Gasteiger partial charge >= 0.3 is 0 Å². The molecular formula is C32H43N3O6S2. The molecule has 43 heavy (non-hydrogen) atoms. The first-order valence-corrected chi connectivity index (χ1v) is 17.4. The van der Waals surface area contributed by atoms with Gasteiger partial charge in [-0.15, -0.1) is 0 Å². The molecule has 0 heterocycles. The monoisotopic (exact) mass is 629 g/mol. The number of rotatable bonds is 17. The molecule has 11 heteroatoms. The number of aliphatic hydroxyl groups excluding tert-OH is 1. The van der Waals surface area contributed by atoms with Gasteiger partial charge in [0, 0.05) is 19.1 Å². The highest BCUT2D eigenvalue weighted by atomic mass is 32.2. The van der Waals surface area contributed by atoms with Crippen LogP contribution in [-0.2, 0) is 31.3 Å². The Balaban J connectivity index is 1.63. The van der Waals surface area contributed by atoms with Crippen molar-refractivity contribution in [1.29, 1.82) is 0 Å². The van der Waals surface area contributed by atoms with E-state index in [4.69, 9.17) is 0 Å². The lowest BCUT2D eigenvalue weighted by Crippen LogP contribution is -2.48. The van der Waals surface area contributed by atoms with Crippen LogP contribution in [0, 0.1) is 12.8 Å². The van der Waals surface area contributed by atoms with Crippen LogP contribution in [0.3, 0.4) is 0 Å². The summed E-state index contributed by atoms with van der Waals surface area (Å²) < 4.78 is 56.9. The van der Waals surface area contributed by atoms with Crippen molar-refractivity contribution in [2.75, 3.05) is 19.7 Å². The summed E-state index contributed by atoms with van der Waals surface area (Å²) in [6, 6.07) is 22.1. The van der Waals surface area contributed by atoms with Gasteiger partial charge < -0.3 is 10.4 Å². The summed E-state index contributed by atoms with van der Waals surface area (Å²) in [5.41, 5.74) is 1.76. The quantitative estimate of drug-likeness (QED) is 0.194. The molecule has 0 aliphatic rings. The smallest absolute Gasteiger partial charge is 0.243 e. The maximum atomic E-state index is 13.5. The zero-order valence-corrected chi connectivity index (χ0v) is 26.6. The standard InChI is InChI=1S/C32H43N3O6S2/c1-25(2)23-35(43(40,41)30-19-17-26(3)18-20-30)28(24-36)14-10-11-21-33-32(37)31(22-27-12-6-4-7-13-27)34-42(38,39)29-15-8-5-9-16-29/h4-9,12-13,15-20,25,28,31,34,36H,10-11,14,21-24H2,1-3H3,(H,33,37)/t28-,31-/m0/s1. The SMILES string of the molecule is Cc1ccc(S(=O)(=O)N(CC(C)C)[C@H](CO)CCCCNC(=O)[C@H](Cc2ccccc2)NS(=O)(=O)c2ccccc2)cc1.